The van der Waals surface area contributed by atoms with E-state index >= 15 is 0 Å². The molecular weight excluding hydrogens is 263 g/mol. The second-order valence-corrected chi connectivity index (χ2v) is 4.00. The lowest BCUT2D eigenvalue weighted by Gasteiger charge is -2.08. The molecule has 0 atom stereocenters. The van der Waals surface area contributed by atoms with E-state index in [0.717, 1.165) is 0 Å². The Hall–Kier alpha value is -1.72. The zero-order valence-electron chi connectivity index (χ0n) is 8.52. The minimum atomic E-state index is 0.257. The quantitative estimate of drug-likeness (QED) is 0.841. The number of carbonyl (C=O) groups excluding carboxylic acids is 1. The highest BCUT2D eigenvalue weighted by atomic mass is 35.5. The van der Waals surface area contributed by atoms with Crippen LogP contribution in [0.2, 0.25) is 10.0 Å². The summed E-state index contributed by atoms with van der Waals surface area (Å²) < 4.78 is 1.37. The zero-order valence-corrected chi connectivity index (χ0v) is 10.0. The van der Waals surface area contributed by atoms with Crippen molar-refractivity contribution in [2.75, 3.05) is 11.1 Å². The second-order valence-electron chi connectivity index (χ2n) is 3.19. The number of nitrogens with one attached hydrogen (secondary N) is 1. The SMILES string of the molecule is Nc1c(NC=O)cnn1-c1c(Cl)cccc1Cl. The molecule has 0 aliphatic carbocycles. The highest BCUT2D eigenvalue weighted by Gasteiger charge is 2.14. The van der Waals surface area contributed by atoms with Gasteiger partial charge in [-0.05, 0) is 12.1 Å². The van der Waals surface area contributed by atoms with E-state index in [9.17, 15) is 4.79 Å². The van der Waals surface area contributed by atoms with Crippen molar-refractivity contribution in [1.29, 1.82) is 0 Å². The van der Waals surface area contributed by atoms with Crippen LogP contribution in [0.15, 0.2) is 24.4 Å². The molecule has 88 valence electrons. The third-order valence-corrected chi connectivity index (χ3v) is 2.78. The number of hydrogen-bond acceptors (Lipinski definition) is 3. The van der Waals surface area contributed by atoms with Gasteiger partial charge in [0.15, 0.2) is 5.82 Å². The van der Waals surface area contributed by atoms with Gasteiger partial charge in [0.25, 0.3) is 0 Å². The highest BCUT2D eigenvalue weighted by Crippen LogP contribution is 2.31. The molecule has 1 aromatic carbocycles. The molecule has 0 saturated carbocycles. The van der Waals surface area contributed by atoms with Crippen LogP contribution >= 0.6 is 23.2 Å². The Morgan fingerprint density at radius 3 is 2.59 bits per heavy atom. The molecule has 0 fully saturated rings. The number of amides is 1. The predicted molar refractivity (Wildman–Crippen MR) is 67.7 cm³/mol. The summed E-state index contributed by atoms with van der Waals surface area (Å²) in [7, 11) is 0. The molecule has 0 aliphatic heterocycles. The molecule has 1 heterocycles. The maximum absolute atomic E-state index is 10.4. The maximum atomic E-state index is 10.4. The molecule has 0 aliphatic rings. The van der Waals surface area contributed by atoms with Crippen molar-refractivity contribution in [2.45, 2.75) is 0 Å². The first kappa shape index (κ1) is 11.8. The van der Waals surface area contributed by atoms with Gasteiger partial charge >= 0.3 is 0 Å². The van der Waals surface area contributed by atoms with Crippen molar-refractivity contribution in [1.82, 2.24) is 9.78 Å². The fourth-order valence-electron chi connectivity index (χ4n) is 1.40. The molecule has 0 bridgehead atoms. The summed E-state index contributed by atoms with van der Waals surface area (Å²) in [5, 5.41) is 7.30. The lowest BCUT2D eigenvalue weighted by atomic mass is 10.3. The van der Waals surface area contributed by atoms with E-state index in [1.807, 2.05) is 0 Å². The molecular formula is C10H8Cl2N4O. The second kappa shape index (κ2) is 4.65. The van der Waals surface area contributed by atoms with Gasteiger partial charge < -0.3 is 11.1 Å². The van der Waals surface area contributed by atoms with E-state index in [-0.39, 0.29) is 5.82 Å². The molecule has 17 heavy (non-hydrogen) atoms. The van der Waals surface area contributed by atoms with Crippen molar-refractivity contribution in [2.24, 2.45) is 0 Å². The Kier molecular flexibility index (Phi) is 3.21. The number of nitrogens with two attached hydrogens (primary N) is 1. The minimum absolute atomic E-state index is 0.257. The molecule has 1 aromatic heterocycles. The topological polar surface area (TPSA) is 72.9 Å². The number of benzene rings is 1. The summed E-state index contributed by atoms with van der Waals surface area (Å²) >= 11 is 12.1. The summed E-state index contributed by atoms with van der Waals surface area (Å²) in [5.41, 5.74) is 6.70. The Morgan fingerprint density at radius 1 is 1.35 bits per heavy atom. The molecule has 0 saturated heterocycles. The molecule has 7 heteroatoms. The van der Waals surface area contributed by atoms with Crippen LogP contribution in [0.5, 0.6) is 0 Å². The largest absolute Gasteiger partial charge is 0.382 e. The monoisotopic (exact) mass is 270 g/mol. The van der Waals surface area contributed by atoms with Crippen molar-refractivity contribution >= 4 is 41.1 Å². The molecule has 1 amide bonds. The first-order valence-electron chi connectivity index (χ1n) is 4.63. The van der Waals surface area contributed by atoms with Crippen LogP contribution < -0.4 is 11.1 Å². The van der Waals surface area contributed by atoms with Gasteiger partial charge in [-0.1, -0.05) is 29.3 Å². The fourth-order valence-corrected chi connectivity index (χ4v) is 1.96. The minimum Gasteiger partial charge on any atom is -0.382 e. The molecule has 0 spiro atoms. The summed E-state index contributed by atoms with van der Waals surface area (Å²) in [5.74, 6) is 0.257. The van der Waals surface area contributed by atoms with Gasteiger partial charge in [0.1, 0.15) is 11.4 Å². The van der Waals surface area contributed by atoms with Crippen molar-refractivity contribution in [3.05, 3.63) is 34.4 Å². The van der Waals surface area contributed by atoms with Gasteiger partial charge in [0.05, 0.1) is 16.2 Å². The smallest absolute Gasteiger partial charge is 0.211 e. The van der Waals surface area contributed by atoms with Gasteiger partial charge in [0, 0.05) is 0 Å². The van der Waals surface area contributed by atoms with Gasteiger partial charge in [-0.25, -0.2) is 4.68 Å². The number of rotatable bonds is 3. The number of anilines is 2. The molecule has 3 N–H and O–H groups in total. The van der Waals surface area contributed by atoms with Gasteiger partial charge in [-0.15, -0.1) is 0 Å². The van der Waals surface area contributed by atoms with Crippen LogP contribution in [0.4, 0.5) is 11.5 Å². The number of nitrogens with zero attached hydrogens (tertiary/aromatic N) is 2. The maximum Gasteiger partial charge on any atom is 0.211 e. The van der Waals surface area contributed by atoms with Crippen LogP contribution in [-0.2, 0) is 4.79 Å². The Bertz CT molecular complexity index is 547. The van der Waals surface area contributed by atoms with Crippen molar-refractivity contribution in [3.8, 4) is 5.69 Å². The molecule has 2 aromatic rings. The average Bonchev–Trinajstić information content (AvgIpc) is 2.62. The van der Waals surface area contributed by atoms with E-state index < -0.39 is 0 Å². The highest BCUT2D eigenvalue weighted by molar-refractivity contribution is 6.37. The molecule has 2 rings (SSSR count). The zero-order chi connectivity index (χ0) is 12.4. The number of hydrogen-bond donors (Lipinski definition) is 2. The third kappa shape index (κ3) is 2.07. The first-order valence-corrected chi connectivity index (χ1v) is 5.39. The molecule has 0 radical (unpaired) electrons. The van der Waals surface area contributed by atoms with Crippen LogP contribution in [-0.4, -0.2) is 16.2 Å². The normalized spacial score (nSPS) is 10.2. The first-order chi connectivity index (χ1) is 8.15. The Morgan fingerprint density at radius 2 is 2.00 bits per heavy atom. The number of carbonyl (C=O) groups is 1. The Balaban J connectivity index is 2.57. The van der Waals surface area contributed by atoms with Crippen LogP contribution in [0.25, 0.3) is 5.69 Å². The van der Waals surface area contributed by atoms with E-state index in [2.05, 4.69) is 10.4 Å². The summed E-state index contributed by atoms with van der Waals surface area (Å²) in [6.45, 7) is 0. The van der Waals surface area contributed by atoms with Gasteiger partial charge in [0.2, 0.25) is 6.41 Å². The summed E-state index contributed by atoms with van der Waals surface area (Å²) in [4.78, 5) is 10.4. The van der Waals surface area contributed by atoms with E-state index in [1.54, 1.807) is 18.2 Å². The van der Waals surface area contributed by atoms with Crippen LogP contribution in [0.3, 0.4) is 0 Å². The Labute approximate surface area is 107 Å². The van der Waals surface area contributed by atoms with Crippen LogP contribution in [0, 0.1) is 0 Å². The van der Waals surface area contributed by atoms with Gasteiger partial charge in [-0.2, -0.15) is 5.10 Å². The number of nitrogen functional groups attached to an aromatic ring is 1. The number of aromatic nitrogens is 2. The van der Waals surface area contributed by atoms with Gasteiger partial charge in [-0.3, -0.25) is 4.79 Å². The lowest BCUT2D eigenvalue weighted by molar-refractivity contribution is -0.105. The van der Waals surface area contributed by atoms with E-state index in [4.69, 9.17) is 28.9 Å². The molecule has 0 unspecified atom stereocenters. The van der Waals surface area contributed by atoms with Crippen molar-refractivity contribution < 1.29 is 4.79 Å². The lowest BCUT2D eigenvalue weighted by Crippen LogP contribution is -2.05. The predicted octanol–water partition coefficient (Wildman–Crippen LogP) is 2.33. The van der Waals surface area contributed by atoms with Crippen LogP contribution in [0.1, 0.15) is 0 Å². The average molecular weight is 271 g/mol. The van der Waals surface area contributed by atoms with E-state index in [0.29, 0.717) is 27.8 Å². The molecule has 5 nitrogen and oxygen atoms in total. The summed E-state index contributed by atoms with van der Waals surface area (Å²) in [6.07, 6.45) is 1.94. The van der Waals surface area contributed by atoms with E-state index in [1.165, 1.54) is 10.9 Å². The fraction of sp³-hybridized carbons (Fsp3) is 0. The number of halogens is 2. The summed E-state index contributed by atoms with van der Waals surface area (Å²) in [6, 6.07) is 5.08. The third-order valence-electron chi connectivity index (χ3n) is 2.17. The standard InChI is InChI=1S/C10H8Cl2N4O/c11-6-2-1-3-7(12)9(6)16-10(13)8(4-15-16)14-5-17/h1-5H,13H2,(H,14,17). The van der Waals surface area contributed by atoms with Crippen molar-refractivity contribution in [3.63, 3.8) is 0 Å². The number of para-hydroxylation sites is 1.